The van der Waals surface area contributed by atoms with Gasteiger partial charge in [-0.1, -0.05) is 66.7 Å². The summed E-state index contributed by atoms with van der Waals surface area (Å²) in [5.41, 5.74) is 5.54. The zero-order chi connectivity index (χ0) is 28.7. The quantitative estimate of drug-likeness (QED) is 0.198. The van der Waals surface area contributed by atoms with Gasteiger partial charge in [0, 0.05) is 39.1 Å². The van der Waals surface area contributed by atoms with Gasteiger partial charge in [0.15, 0.2) is 0 Å². The Bertz CT molecular complexity index is 1320. The lowest BCUT2D eigenvalue weighted by atomic mass is 9.87. The summed E-state index contributed by atoms with van der Waals surface area (Å²) in [7, 11) is 2.16. The first-order valence-corrected chi connectivity index (χ1v) is 13.9. The van der Waals surface area contributed by atoms with Crippen LogP contribution < -0.4 is 4.74 Å². The second kappa shape index (κ2) is 13.1. The van der Waals surface area contributed by atoms with Gasteiger partial charge in [-0.05, 0) is 79.8 Å². The Morgan fingerprint density at radius 1 is 0.775 bits per heavy atom. The number of aliphatic carboxylic acids is 1. The molecule has 0 amide bonds. The van der Waals surface area contributed by atoms with E-state index in [1.54, 1.807) is 12.1 Å². The fourth-order valence-electron chi connectivity index (χ4n) is 4.79. The molecule has 0 radical (unpaired) electrons. The van der Waals surface area contributed by atoms with E-state index in [4.69, 9.17) is 4.74 Å². The number of hydrogen-bond donors (Lipinski definition) is 1. The van der Waals surface area contributed by atoms with Gasteiger partial charge in [-0.3, -0.25) is 14.5 Å². The highest BCUT2D eigenvalue weighted by Crippen LogP contribution is 2.36. The van der Waals surface area contributed by atoms with Crippen molar-refractivity contribution in [3.63, 3.8) is 0 Å². The lowest BCUT2D eigenvalue weighted by molar-refractivity contribution is -0.143. The van der Waals surface area contributed by atoms with E-state index >= 15 is 0 Å². The fraction of sp³-hybridized carbons (Fsp3) is 0.353. The number of esters is 1. The van der Waals surface area contributed by atoms with E-state index in [2.05, 4.69) is 41.1 Å². The Kier molecular flexibility index (Phi) is 9.56. The number of piperazine rings is 1. The number of rotatable bonds is 9. The SMILES string of the molecule is CN1CCN(Cc2ccc(/C(=C(/CCC(=O)O)c3ccccc3)c3ccc(OC(=O)C(C)(C)C)cc3)cc2)CC1. The van der Waals surface area contributed by atoms with Crippen LogP contribution in [-0.2, 0) is 16.1 Å². The van der Waals surface area contributed by atoms with Crippen LogP contribution in [0.1, 0.15) is 55.9 Å². The first kappa shape index (κ1) is 29.2. The Hall–Kier alpha value is -3.74. The van der Waals surface area contributed by atoms with Crippen LogP contribution in [0.4, 0.5) is 0 Å². The Balaban J connectivity index is 1.72. The minimum atomic E-state index is -0.834. The topological polar surface area (TPSA) is 70.1 Å². The molecule has 0 unspecified atom stereocenters. The number of carbonyl (C=O) groups is 2. The maximum atomic E-state index is 12.4. The zero-order valence-corrected chi connectivity index (χ0v) is 24.0. The van der Waals surface area contributed by atoms with E-state index in [1.165, 1.54) is 5.56 Å². The van der Waals surface area contributed by atoms with Gasteiger partial charge < -0.3 is 14.7 Å². The van der Waals surface area contributed by atoms with E-state index in [0.29, 0.717) is 12.2 Å². The van der Waals surface area contributed by atoms with Gasteiger partial charge in [0.1, 0.15) is 5.75 Å². The number of allylic oxidation sites excluding steroid dienone is 1. The number of likely N-dealkylation sites (N-methyl/N-ethyl adjacent to an activating group) is 1. The lowest BCUT2D eigenvalue weighted by Crippen LogP contribution is -2.43. The minimum absolute atomic E-state index is 0.0243. The second-order valence-electron chi connectivity index (χ2n) is 11.6. The summed E-state index contributed by atoms with van der Waals surface area (Å²) in [5, 5.41) is 9.55. The number of carboxylic acids is 1. The molecule has 1 fully saturated rings. The van der Waals surface area contributed by atoms with Gasteiger partial charge in [0.05, 0.1) is 5.41 Å². The molecule has 3 aromatic carbocycles. The molecule has 210 valence electrons. The van der Waals surface area contributed by atoms with Crippen LogP contribution in [-0.4, -0.2) is 60.1 Å². The molecule has 3 aromatic rings. The van der Waals surface area contributed by atoms with Gasteiger partial charge in [-0.25, -0.2) is 0 Å². The Labute approximate surface area is 237 Å². The molecule has 6 heteroatoms. The highest BCUT2D eigenvalue weighted by Gasteiger charge is 2.24. The predicted octanol–water partition coefficient (Wildman–Crippen LogP) is 6.21. The lowest BCUT2D eigenvalue weighted by Gasteiger charge is -2.32. The van der Waals surface area contributed by atoms with Crippen LogP contribution in [0.3, 0.4) is 0 Å². The number of ether oxygens (including phenoxy) is 1. The summed E-state index contributed by atoms with van der Waals surface area (Å²) in [6, 6.07) is 26.1. The highest BCUT2D eigenvalue weighted by molar-refractivity contribution is 5.99. The maximum Gasteiger partial charge on any atom is 0.316 e. The molecule has 4 rings (SSSR count). The number of benzene rings is 3. The molecule has 0 atom stereocenters. The van der Waals surface area contributed by atoms with E-state index in [9.17, 15) is 14.7 Å². The molecule has 0 spiro atoms. The van der Waals surface area contributed by atoms with E-state index < -0.39 is 11.4 Å². The van der Waals surface area contributed by atoms with Crippen molar-refractivity contribution in [2.45, 2.75) is 40.2 Å². The molecule has 6 nitrogen and oxygen atoms in total. The molecular weight excluding hydrogens is 500 g/mol. The van der Waals surface area contributed by atoms with Crippen molar-refractivity contribution >= 4 is 23.1 Å². The van der Waals surface area contributed by atoms with Gasteiger partial charge in [-0.15, -0.1) is 0 Å². The summed E-state index contributed by atoms with van der Waals surface area (Å²) in [5.74, 6) is -0.643. The molecular formula is C34H40N2O4. The molecule has 1 N–H and O–H groups in total. The summed E-state index contributed by atoms with van der Waals surface area (Å²) >= 11 is 0. The molecule has 0 aliphatic carbocycles. The monoisotopic (exact) mass is 540 g/mol. The largest absolute Gasteiger partial charge is 0.481 e. The molecule has 1 heterocycles. The van der Waals surface area contributed by atoms with Crippen molar-refractivity contribution in [3.8, 4) is 5.75 Å². The van der Waals surface area contributed by atoms with Crippen molar-refractivity contribution in [2.75, 3.05) is 33.2 Å². The third-order valence-electron chi connectivity index (χ3n) is 7.22. The van der Waals surface area contributed by atoms with Crippen molar-refractivity contribution < 1.29 is 19.4 Å². The van der Waals surface area contributed by atoms with Crippen molar-refractivity contribution in [2.24, 2.45) is 5.41 Å². The van der Waals surface area contributed by atoms with Crippen LogP contribution in [0, 0.1) is 5.41 Å². The average Bonchev–Trinajstić information content (AvgIpc) is 2.93. The Morgan fingerprint density at radius 3 is 1.90 bits per heavy atom. The average molecular weight is 541 g/mol. The van der Waals surface area contributed by atoms with E-state index in [0.717, 1.165) is 60.6 Å². The first-order valence-electron chi connectivity index (χ1n) is 13.9. The van der Waals surface area contributed by atoms with Gasteiger partial charge in [-0.2, -0.15) is 0 Å². The minimum Gasteiger partial charge on any atom is -0.481 e. The molecule has 0 bridgehead atoms. The zero-order valence-electron chi connectivity index (χ0n) is 24.0. The smallest absolute Gasteiger partial charge is 0.316 e. The number of carboxylic acid groups (broad SMARTS) is 1. The van der Waals surface area contributed by atoms with Crippen molar-refractivity contribution in [1.82, 2.24) is 9.80 Å². The molecule has 1 aliphatic rings. The van der Waals surface area contributed by atoms with Crippen LogP contribution in [0.5, 0.6) is 5.75 Å². The van der Waals surface area contributed by atoms with Crippen molar-refractivity contribution in [1.29, 1.82) is 0 Å². The normalized spacial score (nSPS) is 15.4. The Morgan fingerprint density at radius 2 is 1.35 bits per heavy atom. The molecule has 40 heavy (non-hydrogen) atoms. The van der Waals surface area contributed by atoms with Crippen LogP contribution in [0.25, 0.3) is 11.1 Å². The summed E-state index contributed by atoms with van der Waals surface area (Å²) in [6.07, 6.45) is 0.412. The fourth-order valence-corrected chi connectivity index (χ4v) is 4.79. The number of hydrogen-bond acceptors (Lipinski definition) is 5. The molecule has 0 saturated carbocycles. The van der Waals surface area contributed by atoms with Gasteiger partial charge in [0.2, 0.25) is 0 Å². The van der Waals surface area contributed by atoms with E-state index in [-0.39, 0.29) is 12.4 Å². The van der Waals surface area contributed by atoms with Crippen LogP contribution >= 0.6 is 0 Å². The number of carbonyl (C=O) groups excluding carboxylic acids is 1. The summed E-state index contributed by atoms with van der Waals surface area (Å²) in [6.45, 7) is 10.7. The van der Waals surface area contributed by atoms with E-state index in [1.807, 2.05) is 63.2 Å². The first-order chi connectivity index (χ1) is 19.1. The van der Waals surface area contributed by atoms with Crippen molar-refractivity contribution in [3.05, 3.63) is 101 Å². The second-order valence-corrected chi connectivity index (χ2v) is 11.6. The van der Waals surface area contributed by atoms with Crippen LogP contribution in [0.2, 0.25) is 0 Å². The molecule has 1 aliphatic heterocycles. The van der Waals surface area contributed by atoms with Gasteiger partial charge >= 0.3 is 11.9 Å². The summed E-state index contributed by atoms with van der Waals surface area (Å²) in [4.78, 5) is 28.9. The number of nitrogens with zero attached hydrogens (tertiary/aromatic N) is 2. The molecule has 0 aromatic heterocycles. The third-order valence-corrected chi connectivity index (χ3v) is 7.22. The van der Waals surface area contributed by atoms with Crippen LogP contribution in [0.15, 0.2) is 78.9 Å². The maximum absolute atomic E-state index is 12.4. The molecule has 1 saturated heterocycles. The van der Waals surface area contributed by atoms with Gasteiger partial charge in [0.25, 0.3) is 0 Å². The predicted molar refractivity (Wildman–Crippen MR) is 160 cm³/mol. The third kappa shape index (κ3) is 7.90. The summed E-state index contributed by atoms with van der Waals surface area (Å²) < 4.78 is 5.60. The highest BCUT2D eigenvalue weighted by atomic mass is 16.5. The standard InChI is InChI=1S/C34H40N2O4/c1-34(2,3)33(39)40-29-16-14-28(15-17-29)32(30(18-19-31(37)38)26-8-6-5-7-9-26)27-12-10-25(11-13-27)24-36-22-20-35(4)21-23-36/h5-17H,18-24H2,1-4H3,(H,37,38)/b32-30+.